The van der Waals surface area contributed by atoms with Crippen molar-refractivity contribution < 1.29 is 14.3 Å². The van der Waals surface area contributed by atoms with E-state index in [0.29, 0.717) is 22.4 Å². The molecule has 0 radical (unpaired) electrons. The maximum Gasteiger partial charge on any atom is 0.248 e. The second-order valence-corrected chi connectivity index (χ2v) is 7.62. The number of benzene rings is 2. The van der Waals surface area contributed by atoms with E-state index in [4.69, 9.17) is 21.1 Å². The highest BCUT2D eigenvalue weighted by atomic mass is 35.5. The van der Waals surface area contributed by atoms with Crippen LogP contribution in [0.1, 0.15) is 50.3 Å². The van der Waals surface area contributed by atoms with Gasteiger partial charge in [-0.15, -0.1) is 0 Å². The summed E-state index contributed by atoms with van der Waals surface area (Å²) in [5.74, 6) is 1.15. The van der Waals surface area contributed by atoms with Crippen molar-refractivity contribution in [1.29, 1.82) is 0 Å². The molecule has 0 atom stereocenters. The van der Waals surface area contributed by atoms with Crippen LogP contribution in [0.3, 0.4) is 0 Å². The molecule has 150 valence electrons. The summed E-state index contributed by atoms with van der Waals surface area (Å²) in [4.78, 5) is 12.5. The van der Waals surface area contributed by atoms with Gasteiger partial charge in [0.1, 0.15) is 0 Å². The van der Waals surface area contributed by atoms with Crippen molar-refractivity contribution in [3.05, 3.63) is 58.1 Å². The fraction of sp³-hybridized carbons (Fsp3) is 0.348. The van der Waals surface area contributed by atoms with Crippen molar-refractivity contribution >= 4 is 29.3 Å². The largest absolute Gasteiger partial charge is 0.493 e. The number of nitrogens with one attached hydrogen (secondary N) is 1. The molecule has 0 aliphatic rings. The number of amides is 1. The van der Waals surface area contributed by atoms with Crippen LogP contribution in [-0.4, -0.2) is 19.1 Å². The van der Waals surface area contributed by atoms with Crippen LogP contribution >= 0.6 is 11.6 Å². The maximum absolute atomic E-state index is 12.5. The third kappa shape index (κ3) is 5.52. The van der Waals surface area contributed by atoms with Gasteiger partial charge < -0.3 is 14.8 Å². The van der Waals surface area contributed by atoms with E-state index in [-0.39, 0.29) is 12.0 Å². The molecule has 0 saturated carbocycles. The lowest BCUT2D eigenvalue weighted by molar-refractivity contribution is -0.111. The summed E-state index contributed by atoms with van der Waals surface area (Å²) in [6.45, 7) is 10.0. The summed E-state index contributed by atoms with van der Waals surface area (Å²) in [7, 11) is 1.56. The Morgan fingerprint density at radius 1 is 1.18 bits per heavy atom. The highest BCUT2D eigenvalue weighted by Gasteiger charge is 2.13. The summed E-state index contributed by atoms with van der Waals surface area (Å²) < 4.78 is 11.1. The smallest absolute Gasteiger partial charge is 0.248 e. The molecule has 0 unspecified atom stereocenters. The first-order valence-electron chi connectivity index (χ1n) is 9.35. The third-order valence-corrected chi connectivity index (χ3v) is 4.49. The molecule has 0 heterocycles. The van der Waals surface area contributed by atoms with E-state index in [1.807, 2.05) is 39.0 Å². The Bertz CT molecular complexity index is 872. The van der Waals surface area contributed by atoms with E-state index < -0.39 is 0 Å². The van der Waals surface area contributed by atoms with E-state index in [2.05, 4.69) is 19.2 Å². The lowest BCUT2D eigenvalue weighted by Crippen LogP contribution is -2.11. The number of carbonyl (C=O) groups excluding carboxylic acids is 1. The Balaban J connectivity index is 2.23. The predicted molar refractivity (Wildman–Crippen MR) is 117 cm³/mol. The lowest BCUT2D eigenvalue weighted by atomic mass is 9.98. The van der Waals surface area contributed by atoms with E-state index in [1.54, 1.807) is 25.3 Å². The number of rotatable bonds is 7. The summed E-state index contributed by atoms with van der Waals surface area (Å²) in [5.41, 5.74) is 3.76. The lowest BCUT2D eigenvalue weighted by Gasteiger charge is -2.16. The number of ether oxygens (including phenoxy) is 2. The fourth-order valence-corrected chi connectivity index (χ4v) is 3.13. The maximum atomic E-state index is 12.5. The normalized spacial score (nSPS) is 11.3. The second-order valence-electron chi connectivity index (χ2n) is 7.22. The van der Waals surface area contributed by atoms with Gasteiger partial charge >= 0.3 is 0 Å². The minimum atomic E-state index is -0.200. The molecular weight excluding hydrogens is 374 g/mol. The number of carbonyl (C=O) groups is 1. The minimum absolute atomic E-state index is 0.0252. The van der Waals surface area contributed by atoms with Crippen LogP contribution in [0.5, 0.6) is 11.5 Å². The molecular formula is C23H28ClNO3. The van der Waals surface area contributed by atoms with Crippen molar-refractivity contribution in [2.45, 2.75) is 46.6 Å². The van der Waals surface area contributed by atoms with Crippen LogP contribution in [0, 0.1) is 6.92 Å². The quantitative estimate of drug-likeness (QED) is 0.560. The first kappa shape index (κ1) is 21.8. The molecule has 4 nitrogen and oxygen atoms in total. The highest BCUT2D eigenvalue weighted by Crippen LogP contribution is 2.37. The first-order chi connectivity index (χ1) is 13.2. The van der Waals surface area contributed by atoms with Crippen LogP contribution in [0.15, 0.2) is 36.4 Å². The third-order valence-electron chi connectivity index (χ3n) is 4.21. The predicted octanol–water partition coefficient (Wildman–Crippen LogP) is 6.22. The van der Waals surface area contributed by atoms with E-state index >= 15 is 0 Å². The highest BCUT2D eigenvalue weighted by molar-refractivity contribution is 6.32. The van der Waals surface area contributed by atoms with Gasteiger partial charge in [-0.05, 0) is 61.6 Å². The Morgan fingerprint density at radius 3 is 2.50 bits per heavy atom. The van der Waals surface area contributed by atoms with Crippen molar-refractivity contribution in [3.8, 4) is 11.5 Å². The van der Waals surface area contributed by atoms with Gasteiger partial charge in [0.05, 0.1) is 18.2 Å². The zero-order chi connectivity index (χ0) is 20.8. The number of methoxy groups -OCH3 is 1. The first-order valence-corrected chi connectivity index (χ1v) is 9.73. The molecule has 5 heteroatoms. The van der Waals surface area contributed by atoms with Crippen molar-refractivity contribution in [1.82, 2.24) is 0 Å². The molecule has 1 amide bonds. The average Bonchev–Trinajstić information content (AvgIpc) is 2.62. The number of para-hydroxylation sites is 1. The molecule has 0 aliphatic heterocycles. The molecule has 0 bridgehead atoms. The zero-order valence-corrected chi connectivity index (χ0v) is 18.1. The molecule has 0 saturated heterocycles. The second kappa shape index (κ2) is 9.65. The van der Waals surface area contributed by atoms with Crippen LogP contribution in [0.2, 0.25) is 5.02 Å². The number of aryl methyl sites for hydroxylation is 1. The molecule has 28 heavy (non-hydrogen) atoms. The molecule has 0 fully saturated rings. The van der Waals surface area contributed by atoms with Crippen LogP contribution < -0.4 is 14.8 Å². The van der Waals surface area contributed by atoms with Crippen molar-refractivity contribution in [2.75, 3.05) is 12.4 Å². The molecule has 0 spiro atoms. The monoisotopic (exact) mass is 401 g/mol. The average molecular weight is 402 g/mol. The van der Waals surface area contributed by atoms with Gasteiger partial charge in [0.2, 0.25) is 5.91 Å². The molecule has 0 aromatic heterocycles. The Hall–Kier alpha value is -2.46. The standard InChI is InChI=1S/C23H28ClNO3/c1-14(2)18-9-7-8-16(5)22(18)25-21(26)11-10-17-12-19(24)23(28-15(3)4)20(13-17)27-6/h7-15H,1-6H3,(H,25,26)/b11-10+. The van der Waals surface area contributed by atoms with Gasteiger partial charge in [-0.1, -0.05) is 43.6 Å². The number of halogens is 1. The van der Waals surface area contributed by atoms with Gasteiger partial charge in [-0.3, -0.25) is 4.79 Å². The summed E-state index contributed by atoms with van der Waals surface area (Å²) >= 11 is 6.34. The topological polar surface area (TPSA) is 47.6 Å². The van der Waals surface area contributed by atoms with E-state index in [0.717, 1.165) is 22.4 Å². The van der Waals surface area contributed by atoms with Crippen LogP contribution in [0.4, 0.5) is 5.69 Å². The summed E-state index contributed by atoms with van der Waals surface area (Å²) in [6, 6.07) is 9.57. The summed E-state index contributed by atoms with van der Waals surface area (Å²) in [6.07, 6.45) is 3.17. The molecule has 2 aromatic rings. The number of hydrogen-bond donors (Lipinski definition) is 1. The van der Waals surface area contributed by atoms with Gasteiger partial charge in [0.15, 0.2) is 11.5 Å². The molecule has 2 rings (SSSR count). The van der Waals surface area contributed by atoms with Crippen LogP contribution in [-0.2, 0) is 4.79 Å². The molecule has 1 N–H and O–H groups in total. The fourth-order valence-electron chi connectivity index (χ4n) is 2.87. The van der Waals surface area contributed by atoms with Crippen molar-refractivity contribution in [3.63, 3.8) is 0 Å². The number of anilines is 1. The SMILES string of the molecule is COc1cc(/C=C/C(=O)Nc2c(C)cccc2C(C)C)cc(Cl)c1OC(C)C. The summed E-state index contributed by atoms with van der Waals surface area (Å²) in [5, 5.41) is 3.44. The number of hydrogen-bond acceptors (Lipinski definition) is 3. The van der Waals surface area contributed by atoms with E-state index in [1.165, 1.54) is 6.08 Å². The van der Waals surface area contributed by atoms with Gasteiger partial charge in [0, 0.05) is 11.8 Å². The van der Waals surface area contributed by atoms with E-state index in [9.17, 15) is 4.79 Å². The Morgan fingerprint density at radius 2 is 1.89 bits per heavy atom. The van der Waals surface area contributed by atoms with Gasteiger partial charge in [-0.2, -0.15) is 0 Å². The van der Waals surface area contributed by atoms with Crippen molar-refractivity contribution in [2.24, 2.45) is 0 Å². The van der Waals surface area contributed by atoms with Gasteiger partial charge in [-0.25, -0.2) is 0 Å². The van der Waals surface area contributed by atoms with Crippen LogP contribution in [0.25, 0.3) is 6.08 Å². The van der Waals surface area contributed by atoms with Gasteiger partial charge in [0.25, 0.3) is 0 Å². The zero-order valence-electron chi connectivity index (χ0n) is 17.3. The minimum Gasteiger partial charge on any atom is -0.493 e. The Labute approximate surface area is 172 Å². The Kier molecular flexibility index (Phi) is 7.53. The molecule has 0 aliphatic carbocycles. The molecule has 2 aromatic carbocycles.